The molecule has 1 unspecified atom stereocenters. The third-order valence-corrected chi connectivity index (χ3v) is 4.58. The lowest BCUT2D eigenvalue weighted by Gasteiger charge is -2.40. The SMILES string of the molecule is C#CCC1(C(C)(C)N)CCN(CC(=O)N(C)CCC)C1. The van der Waals surface area contributed by atoms with Crippen molar-refractivity contribution >= 4 is 5.91 Å². The van der Waals surface area contributed by atoms with E-state index >= 15 is 0 Å². The summed E-state index contributed by atoms with van der Waals surface area (Å²) >= 11 is 0. The highest BCUT2D eigenvalue weighted by molar-refractivity contribution is 5.78. The molecule has 1 rings (SSSR count). The first kappa shape index (κ1) is 17.0. The van der Waals surface area contributed by atoms with E-state index in [0.717, 1.165) is 32.5 Å². The molecule has 1 heterocycles. The Bertz CT molecular complexity index is 380. The van der Waals surface area contributed by atoms with E-state index in [1.165, 1.54) is 0 Å². The summed E-state index contributed by atoms with van der Waals surface area (Å²) in [6.45, 7) is 9.15. The Morgan fingerprint density at radius 2 is 2.20 bits per heavy atom. The number of carbonyl (C=O) groups is 1. The highest BCUT2D eigenvalue weighted by Crippen LogP contribution is 2.41. The first-order valence-electron chi connectivity index (χ1n) is 7.44. The number of likely N-dealkylation sites (tertiary alicyclic amines) is 1. The fourth-order valence-electron chi connectivity index (χ4n) is 2.96. The molecule has 0 radical (unpaired) electrons. The van der Waals surface area contributed by atoms with Gasteiger partial charge < -0.3 is 10.6 Å². The van der Waals surface area contributed by atoms with Crippen LogP contribution in [0.5, 0.6) is 0 Å². The highest BCUT2D eigenvalue weighted by atomic mass is 16.2. The van der Waals surface area contributed by atoms with Crippen LogP contribution in [-0.2, 0) is 4.79 Å². The molecule has 114 valence electrons. The largest absolute Gasteiger partial charge is 0.345 e. The van der Waals surface area contributed by atoms with Crippen LogP contribution in [0.1, 0.15) is 40.0 Å². The van der Waals surface area contributed by atoms with Crippen molar-refractivity contribution in [1.82, 2.24) is 9.80 Å². The summed E-state index contributed by atoms with van der Waals surface area (Å²) in [5.41, 5.74) is 5.94. The van der Waals surface area contributed by atoms with E-state index in [1.54, 1.807) is 4.90 Å². The second-order valence-corrected chi connectivity index (χ2v) is 6.66. The van der Waals surface area contributed by atoms with Crippen molar-refractivity contribution < 1.29 is 4.79 Å². The average Bonchev–Trinajstić information content (AvgIpc) is 2.74. The van der Waals surface area contributed by atoms with Crippen molar-refractivity contribution in [3.05, 3.63) is 0 Å². The molecule has 0 bridgehead atoms. The zero-order valence-corrected chi connectivity index (χ0v) is 13.4. The van der Waals surface area contributed by atoms with Crippen LogP contribution in [-0.4, -0.2) is 54.5 Å². The Balaban J connectivity index is 2.66. The number of nitrogens with two attached hydrogens (primary N) is 1. The molecule has 1 aliphatic rings. The molecule has 0 spiro atoms. The minimum Gasteiger partial charge on any atom is -0.345 e. The second-order valence-electron chi connectivity index (χ2n) is 6.66. The topological polar surface area (TPSA) is 49.6 Å². The molecule has 0 aromatic carbocycles. The van der Waals surface area contributed by atoms with Gasteiger partial charge in [0.25, 0.3) is 0 Å². The van der Waals surface area contributed by atoms with Gasteiger partial charge in [0.1, 0.15) is 0 Å². The van der Waals surface area contributed by atoms with E-state index in [1.807, 2.05) is 20.9 Å². The molecular formula is C16H29N3O. The third kappa shape index (κ3) is 3.74. The molecule has 2 N–H and O–H groups in total. The molecule has 1 fully saturated rings. The summed E-state index contributed by atoms with van der Waals surface area (Å²) in [4.78, 5) is 16.1. The third-order valence-electron chi connectivity index (χ3n) is 4.58. The summed E-state index contributed by atoms with van der Waals surface area (Å²) in [6, 6.07) is 0. The number of hydrogen-bond donors (Lipinski definition) is 1. The Kier molecular flexibility index (Phi) is 5.61. The van der Waals surface area contributed by atoms with Crippen LogP contribution in [0.3, 0.4) is 0 Å². The second kappa shape index (κ2) is 6.60. The van der Waals surface area contributed by atoms with Crippen LogP contribution in [0.2, 0.25) is 0 Å². The molecule has 0 aromatic rings. The van der Waals surface area contributed by atoms with Gasteiger partial charge in [-0.3, -0.25) is 9.69 Å². The molecule has 0 aliphatic carbocycles. The smallest absolute Gasteiger partial charge is 0.236 e. The van der Waals surface area contributed by atoms with Crippen LogP contribution in [0.25, 0.3) is 0 Å². The molecule has 4 nitrogen and oxygen atoms in total. The first-order chi connectivity index (χ1) is 9.25. The monoisotopic (exact) mass is 279 g/mol. The molecule has 0 aromatic heterocycles. The fourth-order valence-corrected chi connectivity index (χ4v) is 2.96. The molecule has 1 aliphatic heterocycles. The molecule has 20 heavy (non-hydrogen) atoms. The number of amides is 1. The van der Waals surface area contributed by atoms with Gasteiger partial charge in [0.15, 0.2) is 0 Å². The van der Waals surface area contributed by atoms with Crippen molar-refractivity contribution in [2.24, 2.45) is 11.1 Å². The van der Waals surface area contributed by atoms with Gasteiger partial charge >= 0.3 is 0 Å². The zero-order chi connectivity index (χ0) is 15.4. The number of rotatable bonds is 6. The lowest BCUT2D eigenvalue weighted by atomic mass is 9.69. The summed E-state index contributed by atoms with van der Waals surface area (Å²) in [6.07, 6.45) is 8.15. The standard InChI is InChI=1S/C16H29N3O/c1-6-8-16(15(3,4)17)9-11-19(13-16)12-14(20)18(5)10-7-2/h1H,7-13,17H2,2-5H3. The van der Waals surface area contributed by atoms with Crippen molar-refractivity contribution in [2.75, 3.05) is 33.2 Å². The van der Waals surface area contributed by atoms with Crippen LogP contribution in [0, 0.1) is 17.8 Å². The predicted molar refractivity (Wildman–Crippen MR) is 83.1 cm³/mol. The number of likely N-dealkylation sites (N-methyl/N-ethyl adjacent to an activating group) is 1. The van der Waals surface area contributed by atoms with Gasteiger partial charge in [0, 0.05) is 37.5 Å². The van der Waals surface area contributed by atoms with Crippen molar-refractivity contribution in [1.29, 1.82) is 0 Å². The van der Waals surface area contributed by atoms with Gasteiger partial charge in [-0.1, -0.05) is 6.92 Å². The summed E-state index contributed by atoms with van der Waals surface area (Å²) in [7, 11) is 1.86. The molecule has 4 heteroatoms. The maximum atomic E-state index is 12.1. The van der Waals surface area contributed by atoms with E-state index in [4.69, 9.17) is 12.2 Å². The normalized spacial score (nSPS) is 23.6. The van der Waals surface area contributed by atoms with Crippen molar-refractivity contribution in [3.63, 3.8) is 0 Å². The van der Waals surface area contributed by atoms with Crippen LogP contribution in [0.4, 0.5) is 0 Å². The number of terminal acetylenes is 1. The van der Waals surface area contributed by atoms with Crippen molar-refractivity contribution in [3.8, 4) is 12.3 Å². The molecule has 0 saturated carbocycles. The predicted octanol–water partition coefficient (Wildman–Crippen LogP) is 1.31. The number of nitrogens with zero attached hydrogens (tertiary/aromatic N) is 2. The molecule has 1 amide bonds. The lowest BCUT2D eigenvalue weighted by Crippen LogP contribution is -2.52. The summed E-state index contributed by atoms with van der Waals surface area (Å²) in [5.74, 6) is 2.95. The van der Waals surface area contributed by atoms with E-state index in [0.29, 0.717) is 13.0 Å². The van der Waals surface area contributed by atoms with Crippen LogP contribution < -0.4 is 5.73 Å². The van der Waals surface area contributed by atoms with Gasteiger partial charge in [0.05, 0.1) is 6.54 Å². The van der Waals surface area contributed by atoms with E-state index in [-0.39, 0.29) is 16.9 Å². The van der Waals surface area contributed by atoms with Crippen LogP contribution in [0.15, 0.2) is 0 Å². The summed E-state index contributed by atoms with van der Waals surface area (Å²) in [5, 5.41) is 0. The van der Waals surface area contributed by atoms with E-state index in [2.05, 4.69) is 17.7 Å². The number of hydrogen-bond acceptors (Lipinski definition) is 3. The van der Waals surface area contributed by atoms with Gasteiger partial charge in [-0.2, -0.15) is 0 Å². The average molecular weight is 279 g/mol. The van der Waals surface area contributed by atoms with Gasteiger partial charge in [-0.05, 0) is 33.2 Å². The quantitative estimate of drug-likeness (QED) is 0.746. The minimum absolute atomic E-state index is 0.0780. The van der Waals surface area contributed by atoms with Crippen molar-refractivity contribution in [2.45, 2.75) is 45.6 Å². The highest BCUT2D eigenvalue weighted by Gasteiger charge is 2.47. The van der Waals surface area contributed by atoms with Gasteiger partial charge in [-0.15, -0.1) is 12.3 Å². The van der Waals surface area contributed by atoms with Gasteiger partial charge in [0.2, 0.25) is 5.91 Å². The number of carbonyl (C=O) groups excluding carboxylic acids is 1. The van der Waals surface area contributed by atoms with Gasteiger partial charge in [-0.25, -0.2) is 0 Å². The Morgan fingerprint density at radius 3 is 2.70 bits per heavy atom. The Hall–Kier alpha value is -1.05. The fraction of sp³-hybridized carbons (Fsp3) is 0.812. The van der Waals surface area contributed by atoms with E-state index in [9.17, 15) is 4.79 Å². The van der Waals surface area contributed by atoms with Crippen LogP contribution >= 0.6 is 0 Å². The zero-order valence-electron chi connectivity index (χ0n) is 13.4. The Labute approximate surface area is 123 Å². The maximum Gasteiger partial charge on any atom is 0.236 e. The molecule has 1 atom stereocenters. The first-order valence-corrected chi connectivity index (χ1v) is 7.44. The molecular weight excluding hydrogens is 250 g/mol. The lowest BCUT2D eigenvalue weighted by molar-refractivity contribution is -0.131. The Morgan fingerprint density at radius 1 is 1.55 bits per heavy atom. The minimum atomic E-state index is -0.327. The summed E-state index contributed by atoms with van der Waals surface area (Å²) < 4.78 is 0. The van der Waals surface area contributed by atoms with E-state index < -0.39 is 0 Å². The maximum absolute atomic E-state index is 12.1. The molecule has 1 saturated heterocycles.